The van der Waals surface area contributed by atoms with Crippen molar-refractivity contribution in [1.82, 2.24) is 10.2 Å². The predicted molar refractivity (Wildman–Crippen MR) is 77.5 cm³/mol. The molecule has 0 bridgehead atoms. The molecule has 0 spiro atoms. The van der Waals surface area contributed by atoms with Crippen LogP contribution in [0.15, 0.2) is 24.3 Å². The molecule has 0 radical (unpaired) electrons. The lowest BCUT2D eigenvalue weighted by molar-refractivity contribution is -0.116. The van der Waals surface area contributed by atoms with E-state index in [1.807, 2.05) is 45.0 Å². The Hall–Kier alpha value is -1.95. The van der Waals surface area contributed by atoms with Crippen LogP contribution in [0.2, 0.25) is 0 Å². The summed E-state index contributed by atoms with van der Waals surface area (Å²) in [6.45, 7) is 5.67. The zero-order chi connectivity index (χ0) is 13.8. The lowest BCUT2D eigenvalue weighted by Gasteiger charge is -2.14. The molecule has 1 heterocycles. The van der Waals surface area contributed by atoms with Gasteiger partial charge in [0.05, 0.1) is 0 Å². The van der Waals surface area contributed by atoms with Crippen LogP contribution in [-0.2, 0) is 4.79 Å². The van der Waals surface area contributed by atoms with Crippen molar-refractivity contribution in [2.24, 2.45) is 0 Å². The van der Waals surface area contributed by atoms with Gasteiger partial charge in [-0.1, -0.05) is 23.5 Å². The average Bonchev–Trinajstić information content (AvgIpc) is 2.74. The quantitative estimate of drug-likeness (QED) is 0.900. The highest BCUT2D eigenvalue weighted by molar-refractivity contribution is 7.15. The maximum Gasteiger partial charge on any atom is 0.248 e. The van der Waals surface area contributed by atoms with Crippen molar-refractivity contribution < 1.29 is 4.79 Å². The maximum absolute atomic E-state index is 12.0. The van der Waals surface area contributed by atoms with Crippen LogP contribution in [0.25, 0.3) is 0 Å². The van der Waals surface area contributed by atoms with Crippen LogP contribution in [0.3, 0.4) is 0 Å². The van der Waals surface area contributed by atoms with E-state index in [-0.39, 0.29) is 11.9 Å². The van der Waals surface area contributed by atoms with Gasteiger partial charge in [0, 0.05) is 5.69 Å². The van der Waals surface area contributed by atoms with E-state index in [9.17, 15) is 4.79 Å². The molecule has 2 aromatic rings. The Morgan fingerprint density at radius 3 is 2.74 bits per heavy atom. The Morgan fingerprint density at radius 1 is 1.32 bits per heavy atom. The van der Waals surface area contributed by atoms with Gasteiger partial charge in [0.1, 0.15) is 11.0 Å². The second-order valence-electron chi connectivity index (χ2n) is 4.35. The lowest BCUT2D eigenvalue weighted by Crippen LogP contribution is -2.31. The average molecular weight is 276 g/mol. The first kappa shape index (κ1) is 13.5. The minimum absolute atomic E-state index is 0.127. The summed E-state index contributed by atoms with van der Waals surface area (Å²) < 4.78 is 0. The first-order valence-corrected chi connectivity index (χ1v) is 6.80. The number of aromatic nitrogens is 2. The van der Waals surface area contributed by atoms with Gasteiger partial charge in [0.15, 0.2) is 0 Å². The van der Waals surface area contributed by atoms with Crippen LogP contribution in [-0.4, -0.2) is 22.1 Å². The normalized spacial score (nSPS) is 11.9. The fraction of sp³-hybridized carbons (Fsp3) is 0.308. The van der Waals surface area contributed by atoms with Gasteiger partial charge >= 0.3 is 0 Å². The number of carbonyl (C=O) groups is 1. The molecule has 1 aromatic heterocycles. The molecule has 6 heteroatoms. The van der Waals surface area contributed by atoms with Gasteiger partial charge in [-0.05, 0) is 38.5 Å². The molecule has 2 N–H and O–H groups in total. The highest BCUT2D eigenvalue weighted by atomic mass is 32.1. The van der Waals surface area contributed by atoms with E-state index >= 15 is 0 Å². The van der Waals surface area contributed by atoms with Crippen LogP contribution < -0.4 is 10.6 Å². The van der Waals surface area contributed by atoms with E-state index in [1.165, 1.54) is 11.3 Å². The zero-order valence-corrected chi connectivity index (χ0v) is 11.9. The Bertz CT molecular complexity index is 582. The van der Waals surface area contributed by atoms with Crippen LogP contribution in [0, 0.1) is 13.8 Å². The summed E-state index contributed by atoms with van der Waals surface area (Å²) in [5.74, 6) is -0.127. The monoisotopic (exact) mass is 276 g/mol. The molecule has 0 aliphatic carbocycles. The molecular weight excluding hydrogens is 260 g/mol. The van der Waals surface area contributed by atoms with E-state index in [2.05, 4.69) is 20.8 Å². The molecule has 0 aliphatic heterocycles. The van der Waals surface area contributed by atoms with Crippen molar-refractivity contribution >= 4 is 28.1 Å². The Morgan fingerprint density at radius 2 is 2.11 bits per heavy atom. The molecule has 0 aliphatic rings. The molecule has 1 amide bonds. The van der Waals surface area contributed by atoms with Crippen molar-refractivity contribution in [3.63, 3.8) is 0 Å². The van der Waals surface area contributed by atoms with Gasteiger partial charge in [0.25, 0.3) is 0 Å². The number of rotatable bonds is 4. The molecule has 0 unspecified atom stereocenters. The number of amides is 1. The predicted octanol–water partition coefficient (Wildman–Crippen LogP) is 2.59. The number of carbonyl (C=O) groups excluding carboxylic acids is 1. The molecule has 0 saturated heterocycles. The summed E-state index contributed by atoms with van der Waals surface area (Å²) in [6, 6.07) is 7.56. The Labute approximate surface area is 116 Å². The summed E-state index contributed by atoms with van der Waals surface area (Å²) >= 11 is 1.36. The second kappa shape index (κ2) is 5.79. The van der Waals surface area contributed by atoms with E-state index in [0.717, 1.165) is 16.3 Å². The van der Waals surface area contributed by atoms with Crippen LogP contribution in [0.5, 0.6) is 0 Å². The van der Waals surface area contributed by atoms with Crippen molar-refractivity contribution in [1.29, 1.82) is 0 Å². The van der Waals surface area contributed by atoms with Crippen LogP contribution >= 0.6 is 11.3 Å². The van der Waals surface area contributed by atoms with Gasteiger partial charge < -0.3 is 5.32 Å². The Balaban J connectivity index is 1.96. The number of nitrogens with zero attached hydrogens (tertiary/aromatic N) is 2. The summed E-state index contributed by atoms with van der Waals surface area (Å²) in [5, 5.41) is 15.0. The third kappa shape index (κ3) is 3.75. The Kier molecular flexibility index (Phi) is 4.11. The third-order valence-corrected chi connectivity index (χ3v) is 3.30. The van der Waals surface area contributed by atoms with Gasteiger partial charge in [-0.15, -0.1) is 10.2 Å². The second-order valence-corrected chi connectivity index (χ2v) is 5.53. The fourth-order valence-electron chi connectivity index (χ4n) is 1.61. The minimum Gasteiger partial charge on any atom is -0.374 e. The van der Waals surface area contributed by atoms with E-state index in [4.69, 9.17) is 0 Å². The zero-order valence-electron chi connectivity index (χ0n) is 11.1. The minimum atomic E-state index is -0.342. The van der Waals surface area contributed by atoms with Crippen molar-refractivity contribution in [3.8, 4) is 0 Å². The number of aryl methyl sites for hydroxylation is 2. The summed E-state index contributed by atoms with van der Waals surface area (Å²) in [4.78, 5) is 12.0. The van der Waals surface area contributed by atoms with Crippen molar-refractivity contribution in [2.45, 2.75) is 26.8 Å². The number of benzene rings is 1. The fourth-order valence-corrected chi connectivity index (χ4v) is 2.21. The molecule has 0 fully saturated rings. The highest BCUT2D eigenvalue weighted by Crippen LogP contribution is 2.15. The summed E-state index contributed by atoms with van der Waals surface area (Å²) in [7, 11) is 0. The van der Waals surface area contributed by atoms with E-state index in [0.29, 0.717) is 5.13 Å². The third-order valence-electron chi connectivity index (χ3n) is 2.55. The smallest absolute Gasteiger partial charge is 0.248 e. The van der Waals surface area contributed by atoms with E-state index < -0.39 is 0 Å². The van der Waals surface area contributed by atoms with Crippen LogP contribution in [0.4, 0.5) is 10.8 Å². The van der Waals surface area contributed by atoms with Gasteiger partial charge in [-0.25, -0.2) is 0 Å². The highest BCUT2D eigenvalue weighted by Gasteiger charge is 2.14. The molecule has 0 saturated carbocycles. The molecular formula is C13H16N4OS. The van der Waals surface area contributed by atoms with Gasteiger partial charge in [-0.2, -0.15) is 0 Å². The number of hydrogen-bond acceptors (Lipinski definition) is 5. The standard InChI is InChI=1S/C13H16N4OS/c1-8-5-4-6-11(7-8)14-9(2)12(18)15-13-17-16-10(3)19-13/h4-7,9,14H,1-3H3,(H,15,17,18)/t9-/m1/s1. The largest absolute Gasteiger partial charge is 0.374 e. The topological polar surface area (TPSA) is 66.9 Å². The first-order chi connectivity index (χ1) is 9.04. The number of anilines is 2. The molecule has 19 heavy (non-hydrogen) atoms. The number of nitrogens with one attached hydrogen (secondary N) is 2. The van der Waals surface area contributed by atoms with E-state index in [1.54, 1.807) is 0 Å². The molecule has 1 atom stereocenters. The van der Waals surface area contributed by atoms with Gasteiger partial charge in [-0.3, -0.25) is 10.1 Å². The van der Waals surface area contributed by atoms with Gasteiger partial charge in [0.2, 0.25) is 11.0 Å². The molecule has 1 aromatic carbocycles. The molecule has 2 rings (SSSR count). The maximum atomic E-state index is 12.0. The molecule has 5 nitrogen and oxygen atoms in total. The number of hydrogen-bond donors (Lipinski definition) is 2. The SMILES string of the molecule is Cc1cccc(N[C@H](C)C(=O)Nc2nnc(C)s2)c1. The first-order valence-electron chi connectivity index (χ1n) is 5.99. The van der Waals surface area contributed by atoms with Crippen LogP contribution in [0.1, 0.15) is 17.5 Å². The molecule has 100 valence electrons. The van der Waals surface area contributed by atoms with Crippen molar-refractivity contribution in [3.05, 3.63) is 34.8 Å². The van der Waals surface area contributed by atoms with Crippen molar-refractivity contribution in [2.75, 3.05) is 10.6 Å². The summed E-state index contributed by atoms with van der Waals surface area (Å²) in [6.07, 6.45) is 0. The summed E-state index contributed by atoms with van der Waals surface area (Å²) in [5.41, 5.74) is 2.08. The lowest BCUT2D eigenvalue weighted by atomic mass is 10.2.